The van der Waals surface area contributed by atoms with E-state index in [0.717, 1.165) is 12.8 Å². The van der Waals surface area contributed by atoms with E-state index >= 15 is 0 Å². The van der Waals surface area contributed by atoms with Gasteiger partial charge in [-0.25, -0.2) is 0 Å². The summed E-state index contributed by atoms with van der Waals surface area (Å²) in [6.45, 7) is 0.728. The van der Waals surface area contributed by atoms with E-state index in [9.17, 15) is 9.90 Å². The zero-order valence-corrected chi connectivity index (χ0v) is 9.65. The monoisotopic (exact) mass is 239 g/mol. The van der Waals surface area contributed by atoms with Gasteiger partial charge in [0.1, 0.15) is 0 Å². The molecule has 0 radical (unpaired) electrons. The number of carbonyl (C=O) groups excluding carboxylic acids is 1. The average Bonchev–Trinajstić information content (AvgIpc) is 2.77. The Morgan fingerprint density at radius 3 is 2.94 bits per heavy atom. The van der Waals surface area contributed by atoms with Gasteiger partial charge in [-0.1, -0.05) is 23.7 Å². The Hall–Kier alpha value is -1.06. The molecule has 0 saturated carbocycles. The van der Waals surface area contributed by atoms with Crippen molar-refractivity contribution in [1.82, 2.24) is 4.90 Å². The summed E-state index contributed by atoms with van der Waals surface area (Å²) in [5.74, 6) is -0.0813. The van der Waals surface area contributed by atoms with Crippen LogP contribution in [0.5, 0.6) is 0 Å². The number of carbonyl (C=O) groups is 1. The minimum atomic E-state index is -0.0813. The zero-order chi connectivity index (χ0) is 11.5. The number of likely N-dealkylation sites (tertiary alicyclic amines) is 1. The van der Waals surface area contributed by atoms with Gasteiger partial charge in [-0.15, -0.1) is 0 Å². The number of halogens is 1. The largest absolute Gasteiger partial charge is 0.394 e. The molecular weight excluding hydrogens is 226 g/mol. The highest BCUT2D eigenvalue weighted by molar-refractivity contribution is 6.33. The van der Waals surface area contributed by atoms with Crippen molar-refractivity contribution in [2.75, 3.05) is 13.2 Å². The molecule has 4 heteroatoms. The van der Waals surface area contributed by atoms with Gasteiger partial charge >= 0.3 is 0 Å². The third-order valence-corrected chi connectivity index (χ3v) is 3.28. The number of amides is 1. The van der Waals surface area contributed by atoms with E-state index < -0.39 is 0 Å². The van der Waals surface area contributed by atoms with Crippen LogP contribution in [-0.2, 0) is 0 Å². The molecule has 1 atom stereocenters. The smallest absolute Gasteiger partial charge is 0.255 e. The standard InChI is InChI=1S/C12H14ClNO2/c13-11-6-2-1-5-10(11)12(16)14-7-3-4-9(14)8-15/h1-2,5-6,9,15H,3-4,7-8H2. The van der Waals surface area contributed by atoms with E-state index in [1.807, 2.05) is 0 Å². The highest BCUT2D eigenvalue weighted by atomic mass is 35.5. The van der Waals surface area contributed by atoms with Crippen LogP contribution < -0.4 is 0 Å². The summed E-state index contributed by atoms with van der Waals surface area (Å²) in [7, 11) is 0. The Morgan fingerprint density at radius 1 is 1.50 bits per heavy atom. The summed E-state index contributed by atoms with van der Waals surface area (Å²) in [6.07, 6.45) is 1.81. The normalized spacial score (nSPS) is 20.1. The molecule has 1 heterocycles. The molecule has 86 valence electrons. The van der Waals surface area contributed by atoms with Crippen molar-refractivity contribution in [2.24, 2.45) is 0 Å². The van der Waals surface area contributed by atoms with Crippen LogP contribution in [0.2, 0.25) is 5.02 Å². The van der Waals surface area contributed by atoms with Gasteiger partial charge in [-0.2, -0.15) is 0 Å². The summed E-state index contributed by atoms with van der Waals surface area (Å²) < 4.78 is 0. The number of nitrogens with zero attached hydrogens (tertiary/aromatic N) is 1. The van der Waals surface area contributed by atoms with Crippen molar-refractivity contribution in [3.05, 3.63) is 34.9 Å². The summed E-state index contributed by atoms with van der Waals surface area (Å²) in [5.41, 5.74) is 0.518. The lowest BCUT2D eigenvalue weighted by molar-refractivity contribution is 0.0678. The van der Waals surface area contributed by atoms with Crippen LogP contribution in [0.25, 0.3) is 0 Å². The molecule has 1 amide bonds. The SMILES string of the molecule is O=C(c1ccccc1Cl)N1CCCC1CO. The van der Waals surface area contributed by atoms with Crippen LogP contribution in [-0.4, -0.2) is 35.1 Å². The number of benzene rings is 1. The van der Waals surface area contributed by atoms with Crippen LogP contribution in [0.15, 0.2) is 24.3 Å². The summed E-state index contributed by atoms with van der Waals surface area (Å²) >= 11 is 5.98. The lowest BCUT2D eigenvalue weighted by atomic mass is 10.1. The van der Waals surface area contributed by atoms with Crippen molar-refractivity contribution in [3.63, 3.8) is 0 Å². The van der Waals surface area contributed by atoms with Crippen LogP contribution in [0.1, 0.15) is 23.2 Å². The van der Waals surface area contributed by atoms with E-state index in [0.29, 0.717) is 17.1 Å². The lowest BCUT2D eigenvalue weighted by Crippen LogP contribution is -2.37. The highest BCUT2D eigenvalue weighted by Gasteiger charge is 2.29. The second-order valence-corrected chi connectivity index (χ2v) is 4.36. The topological polar surface area (TPSA) is 40.5 Å². The number of aliphatic hydroxyl groups is 1. The van der Waals surface area contributed by atoms with E-state index in [1.54, 1.807) is 29.2 Å². The van der Waals surface area contributed by atoms with Crippen molar-refractivity contribution in [2.45, 2.75) is 18.9 Å². The molecule has 1 aliphatic heterocycles. The van der Waals surface area contributed by atoms with Gasteiger partial charge in [0.2, 0.25) is 0 Å². The predicted octanol–water partition coefficient (Wildman–Crippen LogP) is 1.94. The molecule has 3 nitrogen and oxygen atoms in total. The summed E-state index contributed by atoms with van der Waals surface area (Å²) in [6, 6.07) is 6.97. The number of hydrogen-bond acceptors (Lipinski definition) is 2. The van der Waals surface area contributed by atoms with Crippen LogP contribution in [0.3, 0.4) is 0 Å². The van der Waals surface area contributed by atoms with Crippen molar-refractivity contribution in [1.29, 1.82) is 0 Å². The molecule has 1 saturated heterocycles. The van der Waals surface area contributed by atoms with Gasteiger partial charge in [0.15, 0.2) is 0 Å². The molecule has 16 heavy (non-hydrogen) atoms. The Bertz CT molecular complexity index is 394. The van der Waals surface area contributed by atoms with Crippen LogP contribution in [0.4, 0.5) is 0 Å². The fraction of sp³-hybridized carbons (Fsp3) is 0.417. The Morgan fingerprint density at radius 2 is 2.25 bits per heavy atom. The minimum absolute atomic E-state index is 0.0240. The Labute approximate surface area is 99.6 Å². The molecular formula is C12H14ClNO2. The summed E-state index contributed by atoms with van der Waals surface area (Å²) in [5, 5.41) is 9.64. The highest BCUT2D eigenvalue weighted by Crippen LogP contribution is 2.23. The molecule has 1 unspecified atom stereocenters. The number of hydrogen-bond donors (Lipinski definition) is 1. The third kappa shape index (κ3) is 2.06. The second kappa shape index (κ2) is 4.85. The molecule has 1 aromatic carbocycles. The van der Waals surface area contributed by atoms with Gasteiger partial charge in [-0.3, -0.25) is 4.79 Å². The van der Waals surface area contributed by atoms with Gasteiger partial charge in [-0.05, 0) is 25.0 Å². The van der Waals surface area contributed by atoms with Crippen molar-refractivity contribution < 1.29 is 9.90 Å². The molecule has 1 N–H and O–H groups in total. The maximum Gasteiger partial charge on any atom is 0.255 e. The fourth-order valence-electron chi connectivity index (χ4n) is 2.08. The second-order valence-electron chi connectivity index (χ2n) is 3.96. The third-order valence-electron chi connectivity index (χ3n) is 2.95. The average molecular weight is 240 g/mol. The van der Waals surface area contributed by atoms with Gasteiger partial charge < -0.3 is 10.0 Å². The molecule has 0 spiro atoms. The van der Waals surface area contributed by atoms with Crippen molar-refractivity contribution in [3.8, 4) is 0 Å². The molecule has 1 aliphatic rings. The first-order valence-corrected chi connectivity index (χ1v) is 5.78. The van der Waals surface area contributed by atoms with Gasteiger partial charge in [0.05, 0.1) is 23.2 Å². The fourth-order valence-corrected chi connectivity index (χ4v) is 2.30. The first-order valence-electron chi connectivity index (χ1n) is 5.40. The Balaban J connectivity index is 2.22. The van der Waals surface area contributed by atoms with E-state index in [2.05, 4.69) is 0 Å². The molecule has 0 aliphatic carbocycles. The van der Waals surface area contributed by atoms with Gasteiger partial charge in [0.25, 0.3) is 5.91 Å². The lowest BCUT2D eigenvalue weighted by Gasteiger charge is -2.23. The van der Waals surface area contributed by atoms with Crippen molar-refractivity contribution >= 4 is 17.5 Å². The molecule has 2 rings (SSSR count). The minimum Gasteiger partial charge on any atom is -0.394 e. The van der Waals surface area contributed by atoms with Crippen LogP contribution in [0, 0.1) is 0 Å². The Kier molecular flexibility index (Phi) is 3.46. The first kappa shape index (κ1) is 11.4. The maximum atomic E-state index is 12.2. The van der Waals surface area contributed by atoms with Gasteiger partial charge in [0, 0.05) is 6.54 Å². The first-order chi connectivity index (χ1) is 7.74. The maximum absolute atomic E-state index is 12.2. The van der Waals surface area contributed by atoms with E-state index in [1.165, 1.54) is 0 Å². The van der Waals surface area contributed by atoms with Crippen LogP contribution >= 0.6 is 11.6 Å². The number of aliphatic hydroxyl groups excluding tert-OH is 1. The zero-order valence-electron chi connectivity index (χ0n) is 8.90. The number of rotatable bonds is 2. The molecule has 1 fully saturated rings. The molecule has 0 bridgehead atoms. The molecule has 0 aromatic heterocycles. The van der Waals surface area contributed by atoms with E-state index in [-0.39, 0.29) is 18.6 Å². The van der Waals surface area contributed by atoms with E-state index in [4.69, 9.17) is 11.6 Å². The quantitative estimate of drug-likeness (QED) is 0.857. The molecule has 1 aromatic rings. The predicted molar refractivity (Wildman–Crippen MR) is 62.6 cm³/mol. The summed E-state index contributed by atoms with van der Waals surface area (Å²) in [4.78, 5) is 13.9.